The van der Waals surface area contributed by atoms with Crippen molar-refractivity contribution in [1.82, 2.24) is 4.90 Å². The fourth-order valence-electron chi connectivity index (χ4n) is 2.81. The Morgan fingerprint density at radius 2 is 2.22 bits per heavy atom. The molecular weight excluding hydrogens is 298 g/mol. The zero-order valence-corrected chi connectivity index (χ0v) is 13.8. The minimum Gasteiger partial charge on any atom is -0.496 e. The lowest BCUT2D eigenvalue weighted by Crippen LogP contribution is -2.43. The number of hydrogen-bond acceptors (Lipinski definition) is 5. The highest BCUT2D eigenvalue weighted by atomic mass is 16.5. The van der Waals surface area contributed by atoms with Crippen LogP contribution in [0.15, 0.2) is 18.2 Å². The van der Waals surface area contributed by atoms with Gasteiger partial charge in [0.2, 0.25) is 0 Å². The maximum Gasteiger partial charge on any atom is 0.254 e. The first kappa shape index (κ1) is 17.7. The summed E-state index contributed by atoms with van der Waals surface area (Å²) in [4.78, 5) is 14.5. The van der Waals surface area contributed by atoms with E-state index < -0.39 is 0 Å². The predicted octanol–water partition coefficient (Wildman–Crippen LogP) is 1.46. The van der Waals surface area contributed by atoms with Crippen molar-refractivity contribution in [3.63, 3.8) is 0 Å². The van der Waals surface area contributed by atoms with E-state index in [4.69, 9.17) is 19.3 Å². The quantitative estimate of drug-likeness (QED) is 0.823. The lowest BCUT2D eigenvalue weighted by atomic mass is 10.1. The van der Waals surface area contributed by atoms with E-state index in [0.717, 1.165) is 24.9 Å². The number of rotatable bonds is 7. The summed E-state index contributed by atoms with van der Waals surface area (Å²) in [6.45, 7) is 2.04. The summed E-state index contributed by atoms with van der Waals surface area (Å²) < 4.78 is 16.0. The minimum atomic E-state index is -0.0236. The number of nitrogens with zero attached hydrogens (tertiary/aromatic N) is 1. The molecule has 0 saturated carbocycles. The molecule has 0 aromatic heterocycles. The van der Waals surface area contributed by atoms with Crippen LogP contribution in [0.1, 0.15) is 28.8 Å². The number of aliphatic hydroxyl groups is 1. The number of carbonyl (C=O) groups is 1. The van der Waals surface area contributed by atoms with E-state index in [1.807, 2.05) is 6.07 Å². The van der Waals surface area contributed by atoms with Gasteiger partial charge in [0.1, 0.15) is 5.75 Å². The van der Waals surface area contributed by atoms with Gasteiger partial charge in [-0.2, -0.15) is 0 Å². The van der Waals surface area contributed by atoms with Crippen molar-refractivity contribution in [1.29, 1.82) is 0 Å². The molecule has 2 rings (SSSR count). The standard InChI is InChI=1S/C17H25NO5/c1-21-12-14-6-5-13(10-16(14)22-2)17(20)18-7-3-4-15(11-18)23-9-8-19/h5-6,10,15,19H,3-4,7-9,11-12H2,1-2H3/t15-/m1/s1. The Balaban J connectivity index is 2.07. The van der Waals surface area contributed by atoms with Crippen LogP contribution < -0.4 is 4.74 Å². The number of amides is 1. The molecule has 1 amide bonds. The SMILES string of the molecule is COCc1ccc(C(=O)N2CCC[C@@H](OCCO)C2)cc1OC. The molecule has 6 nitrogen and oxygen atoms in total. The summed E-state index contributed by atoms with van der Waals surface area (Å²) in [6, 6.07) is 5.42. The summed E-state index contributed by atoms with van der Waals surface area (Å²) in [6.07, 6.45) is 1.81. The molecule has 1 heterocycles. The summed E-state index contributed by atoms with van der Waals surface area (Å²) in [7, 11) is 3.21. The zero-order chi connectivity index (χ0) is 16.7. The van der Waals surface area contributed by atoms with Crippen molar-refractivity contribution in [3.8, 4) is 5.75 Å². The Bertz CT molecular complexity index is 520. The van der Waals surface area contributed by atoms with Crippen molar-refractivity contribution in [3.05, 3.63) is 29.3 Å². The Morgan fingerprint density at radius 1 is 1.39 bits per heavy atom. The lowest BCUT2D eigenvalue weighted by Gasteiger charge is -2.32. The molecule has 6 heteroatoms. The van der Waals surface area contributed by atoms with Crippen LogP contribution in [0.5, 0.6) is 5.75 Å². The average molecular weight is 323 g/mol. The van der Waals surface area contributed by atoms with Crippen LogP contribution in [0.25, 0.3) is 0 Å². The highest BCUT2D eigenvalue weighted by molar-refractivity contribution is 5.94. The highest BCUT2D eigenvalue weighted by Gasteiger charge is 2.25. The summed E-state index contributed by atoms with van der Waals surface area (Å²) >= 11 is 0. The van der Waals surface area contributed by atoms with Crippen molar-refractivity contribution in [2.45, 2.75) is 25.6 Å². The van der Waals surface area contributed by atoms with Gasteiger partial charge in [0.05, 0.1) is 33.0 Å². The van der Waals surface area contributed by atoms with Gasteiger partial charge in [0.25, 0.3) is 5.91 Å². The van der Waals surface area contributed by atoms with E-state index in [1.54, 1.807) is 31.3 Å². The Kier molecular flexibility index (Phi) is 6.83. The van der Waals surface area contributed by atoms with Crippen molar-refractivity contribution >= 4 is 5.91 Å². The van der Waals surface area contributed by atoms with Gasteiger partial charge in [-0.1, -0.05) is 6.07 Å². The van der Waals surface area contributed by atoms with Crippen LogP contribution in [0.3, 0.4) is 0 Å². The van der Waals surface area contributed by atoms with E-state index in [1.165, 1.54) is 0 Å². The Labute approximate surface area is 136 Å². The first-order valence-electron chi connectivity index (χ1n) is 7.87. The number of piperidine rings is 1. The second-order valence-corrected chi connectivity index (χ2v) is 5.57. The molecule has 1 fully saturated rings. The predicted molar refractivity (Wildman–Crippen MR) is 85.7 cm³/mol. The molecule has 1 atom stereocenters. The molecular formula is C17H25NO5. The highest BCUT2D eigenvalue weighted by Crippen LogP contribution is 2.23. The molecule has 1 N–H and O–H groups in total. The molecule has 23 heavy (non-hydrogen) atoms. The number of ether oxygens (including phenoxy) is 3. The molecule has 1 aromatic carbocycles. The van der Waals surface area contributed by atoms with Crippen molar-refractivity contribution in [2.24, 2.45) is 0 Å². The fourth-order valence-corrected chi connectivity index (χ4v) is 2.81. The second-order valence-electron chi connectivity index (χ2n) is 5.57. The summed E-state index contributed by atoms with van der Waals surface area (Å²) in [5.41, 5.74) is 1.51. The molecule has 0 radical (unpaired) electrons. The fraction of sp³-hybridized carbons (Fsp3) is 0.588. The third-order valence-electron chi connectivity index (χ3n) is 3.94. The van der Waals surface area contributed by atoms with Crippen LogP contribution in [0, 0.1) is 0 Å². The number of benzene rings is 1. The van der Waals surface area contributed by atoms with E-state index in [0.29, 0.717) is 31.1 Å². The number of likely N-dealkylation sites (tertiary alicyclic amines) is 1. The maximum atomic E-state index is 12.7. The van der Waals surface area contributed by atoms with Gasteiger partial charge < -0.3 is 24.2 Å². The number of methoxy groups -OCH3 is 2. The Hall–Kier alpha value is -1.63. The minimum absolute atomic E-state index is 0.00259. The van der Waals surface area contributed by atoms with Crippen LogP contribution in [-0.2, 0) is 16.1 Å². The van der Waals surface area contributed by atoms with Gasteiger partial charge in [0.15, 0.2) is 0 Å². The molecule has 0 bridgehead atoms. The third kappa shape index (κ3) is 4.67. The normalized spacial score (nSPS) is 18.0. The lowest BCUT2D eigenvalue weighted by molar-refractivity contribution is -0.0110. The molecule has 0 spiro atoms. The van der Waals surface area contributed by atoms with Crippen LogP contribution >= 0.6 is 0 Å². The van der Waals surface area contributed by atoms with E-state index in [9.17, 15) is 4.79 Å². The molecule has 1 saturated heterocycles. The second kappa shape index (κ2) is 8.86. The van der Waals surface area contributed by atoms with E-state index >= 15 is 0 Å². The molecule has 128 valence electrons. The van der Waals surface area contributed by atoms with Crippen molar-refractivity contribution in [2.75, 3.05) is 40.5 Å². The molecule has 0 unspecified atom stereocenters. The largest absolute Gasteiger partial charge is 0.496 e. The number of aliphatic hydroxyl groups excluding tert-OH is 1. The third-order valence-corrected chi connectivity index (χ3v) is 3.94. The van der Waals surface area contributed by atoms with Gasteiger partial charge in [-0.3, -0.25) is 4.79 Å². The first-order chi connectivity index (χ1) is 11.2. The average Bonchev–Trinajstić information content (AvgIpc) is 2.60. The number of hydrogen-bond donors (Lipinski definition) is 1. The van der Waals surface area contributed by atoms with Gasteiger partial charge in [-0.25, -0.2) is 0 Å². The molecule has 1 aromatic rings. The molecule has 0 aliphatic carbocycles. The van der Waals surface area contributed by atoms with Gasteiger partial charge in [-0.05, 0) is 25.0 Å². The van der Waals surface area contributed by atoms with Gasteiger partial charge in [-0.15, -0.1) is 0 Å². The van der Waals surface area contributed by atoms with E-state index in [-0.39, 0.29) is 18.6 Å². The first-order valence-corrected chi connectivity index (χ1v) is 7.87. The molecule has 1 aliphatic rings. The van der Waals surface area contributed by atoms with Gasteiger partial charge >= 0.3 is 0 Å². The van der Waals surface area contributed by atoms with Gasteiger partial charge in [0, 0.05) is 31.3 Å². The van der Waals surface area contributed by atoms with Crippen LogP contribution in [0.2, 0.25) is 0 Å². The van der Waals surface area contributed by atoms with Crippen LogP contribution in [-0.4, -0.2) is 62.5 Å². The Morgan fingerprint density at radius 3 is 2.91 bits per heavy atom. The smallest absolute Gasteiger partial charge is 0.254 e. The monoisotopic (exact) mass is 323 g/mol. The molecule has 1 aliphatic heterocycles. The summed E-state index contributed by atoms with van der Waals surface area (Å²) in [5.74, 6) is 0.632. The summed E-state index contributed by atoms with van der Waals surface area (Å²) in [5, 5.41) is 8.85. The maximum absolute atomic E-state index is 12.7. The van der Waals surface area contributed by atoms with E-state index in [2.05, 4.69) is 0 Å². The zero-order valence-electron chi connectivity index (χ0n) is 13.8. The topological polar surface area (TPSA) is 68.2 Å². The number of carbonyl (C=O) groups excluding carboxylic acids is 1. The van der Waals surface area contributed by atoms with Crippen LogP contribution in [0.4, 0.5) is 0 Å². The van der Waals surface area contributed by atoms with Crippen molar-refractivity contribution < 1.29 is 24.1 Å².